The summed E-state index contributed by atoms with van der Waals surface area (Å²) in [4.78, 5) is 146. The van der Waals surface area contributed by atoms with Gasteiger partial charge in [0, 0.05) is 53.6 Å². The van der Waals surface area contributed by atoms with Crippen LogP contribution in [-0.4, -0.2) is 232 Å². The van der Waals surface area contributed by atoms with Gasteiger partial charge in [0.2, 0.25) is 23.6 Å². The number of halogens is 6. The molecule has 10 N–H and O–H groups in total. The Morgan fingerprint density at radius 1 is 0.468 bits per heavy atom. The third kappa shape index (κ3) is 51.3. The van der Waals surface area contributed by atoms with Crippen molar-refractivity contribution in [3.63, 3.8) is 0 Å². The SMILES string of the molecule is C1CCC([PH+](C2CCCCC2)C2CCCCC2)CC1.C1CCC([PH+](C2CCCCC2)C2CCCCC2)CC1.CC.CC(C)(C)OC(=O)CC[C@H](N)C(=O)OC(C)(C)C.CCl.COC(=O)N[C@H]1C/C=C\C[C@H]2CC[C@@H](C(=O)N[C@@H](CCC(=O)OC(C)(C)C)C(=O)OC(C)(C)C)N2C1=O.N[C@H]1CCCC[C@H]2CC[C@@H](C(=O)N[C@@H](CCC(=O)O)C(=O)O)N2C1=O.O=C(O)C(F)(F)F.[Cl][Ru]([Cl])=[CH]c1ccccc1. The Labute approximate surface area is 848 Å². The molecule has 4 heterocycles. The van der Waals surface area contributed by atoms with Crippen LogP contribution in [0.2, 0.25) is 0 Å². The molecule has 0 unspecified atom stereocenters. The van der Waals surface area contributed by atoms with Crippen molar-refractivity contribution in [1.29, 1.82) is 0 Å². The van der Waals surface area contributed by atoms with Crippen molar-refractivity contribution in [3.8, 4) is 0 Å². The molecule has 11 rings (SSSR count). The molecule has 3 saturated heterocycles. The number of hydrogen-bond acceptors (Lipinski definition) is 19. The van der Waals surface area contributed by atoms with Crippen LogP contribution >= 0.6 is 46.8 Å². The van der Waals surface area contributed by atoms with Gasteiger partial charge in [0.25, 0.3) is 0 Å². The first kappa shape index (κ1) is 127. The summed E-state index contributed by atoms with van der Waals surface area (Å²) in [6.45, 7) is 25.0. The molecule has 27 nitrogen and oxygen atoms in total. The van der Waals surface area contributed by atoms with E-state index in [2.05, 4.69) is 32.3 Å². The van der Waals surface area contributed by atoms with Gasteiger partial charge in [-0.3, -0.25) is 38.4 Å². The number of methoxy groups -OCH3 is 1. The summed E-state index contributed by atoms with van der Waals surface area (Å²) in [5.41, 5.74) is 17.5. The Bertz CT molecular complexity index is 3750. The Morgan fingerprint density at radius 2 is 0.806 bits per heavy atom. The van der Waals surface area contributed by atoms with E-state index in [-0.39, 0.29) is 90.7 Å². The van der Waals surface area contributed by atoms with Gasteiger partial charge < -0.3 is 76.2 Å². The van der Waals surface area contributed by atoms with Crippen LogP contribution in [0.25, 0.3) is 0 Å². The fourth-order valence-electron chi connectivity index (χ4n) is 20.3. The van der Waals surface area contributed by atoms with Gasteiger partial charge in [-0.05, 0) is 308 Å². The maximum absolute atomic E-state index is 13.4. The van der Waals surface area contributed by atoms with E-state index in [4.69, 9.17) is 64.8 Å². The van der Waals surface area contributed by atoms with Gasteiger partial charge in [-0.1, -0.05) is 77.4 Å². The second-order valence-electron chi connectivity index (χ2n) is 41.9. The van der Waals surface area contributed by atoms with Crippen molar-refractivity contribution < 1.29 is 123 Å². The van der Waals surface area contributed by atoms with Crippen molar-refractivity contribution in [1.82, 2.24) is 25.8 Å². The third-order valence-corrected chi connectivity index (χ3v) is 37.3. The zero-order valence-corrected chi connectivity index (χ0v) is 92.3. The zero-order chi connectivity index (χ0) is 104. The molecule has 10 aliphatic rings. The molecule has 5 amide bonds. The maximum atomic E-state index is 13.4. The number of carbonyl (C=O) groups is 12. The predicted octanol–water partition coefficient (Wildman–Crippen LogP) is 21.5. The average Bonchev–Trinajstić information content (AvgIpc) is 1.65. The summed E-state index contributed by atoms with van der Waals surface area (Å²) >= 11 is 3.02. The number of aliphatic carboxylic acids is 3. The fourth-order valence-corrected chi connectivity index (χ4v) is 32.6. The van der Waals surface area contributed by atoms with E-state index >= 15 is 0 Å². The monoisotopic (exact) mass is 2160 g/mol. The summed E-state index contributed by atoms with van der Waals surface area (Å²) < 4.78 is 59.3. The number of carbonyl (C=O) groups excluding carboxylic acids is 9. The number of rotatable bonds is 24. The van der Waals surface area contributed by atoms with Crippen LogP contribution in [0.15, 0.2) is 42.5 Å². The summed E-state index contributed by atoms with van der Waals surface area (Å²) in [6.07, 6.45) is 52.8. The van der Waals surface area contributed by atoms with E-state index in [0.29, 0.717) is 38.5 Å². The molecule has 4 aliphatic heterocycles. The minimum atomic E-state index is -5.08. The molecule has 1 aromatic carbocycles. The van der Waals surface area contributed by atoms with E-state index in [1.807, 2.05) is 60.9 Å². The number of nitrogens with two attached hydrogens (primary N) is 2. The summed E-state index contributed by atoms with van der Waals surface area (Å²) in [6, 6.07) is 3.34. The van der Waals surface area contributed by atoms with Crippen LogP contribution in [-0.2, 0) is 89.9 Å². The minimum absolute atomic E-state index is 0.0189. The van der Waals surface area contributed by atoms with E-state index in [1.165, 1.54) is 57.2 Å². The molecule has 9 atom stereocenters. The predicted molar refractivity (Wildman–Crippen MR) is 548 cm³/mol. The van der Waals surface area contributed by atoms with Crippen molar-refractivity contribution in [2.75, 3.05) is 13.5 Å². The number of amides is 5. The van der Waals surface area contributed by atoms with Crippen LogP contribution < -0.4 is 27.4 Å². The second-order valence-corrected chi connectivity index (χ2v) is 54.5. The zero-order valence-electron chi connectivity index (χ0n) is 86.3. The number of carboxylic acids is 3. The molecular formula is C103H175Cl3F3N7O20P2Ru+2. The Morgan fingerprint density at radius 3 is 1.17 bits per heavy atom. The van der Waals surface area contributed by atoms with Gasteiger partial charge in [0.1, 0.15) is 58.7 Å². The molecule has 0 aromatic heterocycles. The first-order valence-electron chi connectivity index (χ1n) is 51.3. The normalized spacial score (nSPS) is 22.4. The second kappa shape index (κ2) is 66.5. The summed E-state index contributed by atoms with van der Waals surface area (Å²) in [5, 5.41) is 32.6. The molecule has 0 bridgehead atoms. The van der Waals surface area contributed by atoms with Gasteiger partial charge >= 0.3 is 127 Å². The van der Waals surface area contributed by atoms with E-state index < -0.39 is 138 Å². The van der Waals surface area contributed by atoms with Gasteiger partial charge in [-0.2, -0.15) is 13.2 Å². The van der Waals surface area contributed by atoms with Crippen LogP contribution in [0.5, 0.6) is 0 Å². The topological polar surface area (TPSA) is 406 Å². The standard InChI is InChI=1S/C26H41N3O8.2C18H33P.C16H25N3O6.C13H25NO4.C7H6.C2HF3O2.C2H6.CH3Cl.2ClH.Ru/c1-25(2,3)36-20(30)15-13-18(23(33)37-26(4,5)6)27-21(31)19-14-12-16-10-8-9-11-17(22(32)29(16)19)28-24(34)35-7;2*1-4-10-16(11-5-1)19(17-12-6-2-7-13-17)18-14-8-3-9-15-18;17-10-4-2-1-3-9-5-7-12(19(9)15(10)23)14(22)18-11(16(24)25)6-8-13(20)21;1-12(2,3)17-10(15)8-7-9(14)11(16)18-13(4,5)6;1-7-5-3-2-4-6-7;3-2(4,5)1(6)7;2*1-2;;;/h8-9,16-19H,10-15H2,1-7H3,(H,27,31)(H,28,34);2*16-18H,1-15H2;9-12H,1-8,17H2,(H,18,22)(H,20,21)(H,24,25);9H,7-8,14H2,1-6H3;1-6H;(H,6,7);1-2H3;1H3;2*1H;/q;;;;;;;;;;;+2/b9-8-;;;;;;;;;;;/t16-,17-,18-,19-;;;9-,10-,11-,12-;9-;;;;;;;/m0..00......./s1. The molecule has 6 saturated carbocycles. The number of ether oxygens (including phenoxy) is 5. The molecular weight excluding hydrogens is 1980 g/mol. The van der Waals surface area contributed by atoms with Gasteiger partial charge in [0.05, 0.1) is 47.1 Å². The van der Waals surface area contributed by atoms with Crippen molar-refractivity contribution >= 4 is 123 Å². The fraction of sp³-hybridized carbons (Fsp3) is 0.796. The van der Waals surface area contributed by atoms with Crippen molar-refractivity contribution in [2.24, 2.45) is 11.5 Å². The molecule has 9 fully saturated rings. The number of fused-ring (bicyclic) bond motifs is 2. The average molecular weight is 2160 g/mol. The molecule has 6 aliphatic carbocycles. The number of benzene rings is 1. The molecule has 800 valence electrons. The van der Waals surface area contributed by atoms with E-state index in [0.717, 1.165) is 24.8 Å². The molecule has 36 heteroatoms. The molecule has 139 heavy (non-hydrogen) atoms. The quantitative estimate of drug-likeness (QED) is 0.0119. The van der Waals surface area contributed by atoms with Crippen LogP contribution in [0, 0.1) is 0 Å². The van der Waals surface area contributed by atoms with Gasteiger partial charge in [0.15, 0.2) is 0 Å². The third-order valence-electron chi connectivity index (χ3n) is 26.3. The number of nitrogens with zero attached hydrogens (tertiary/aromatic N) is 2. The van der Waals surface area contributed by atoms with Crippen molar-refractivity contribution in [3.05, 3.63) is 48.0 Å². The van der Waals surface area contributed by atoms with Gasteiger partial charge in [-0.15, -0.1) is 11.6 Å². The van der Waals surface area contributed by atoms with Crippen LogP contribution in [0.4, 0.5) is 18.0 Å². The van der Waals surface area contributed by atoms with Crippen molar-refractivity contribution in [2.45, 2.75) is 509 Å². The van der Waals surface area contributed by atoms with Crippen LogP contribution in [0.3, 0.4) is 0 Å². The van der Waals surface area contributed by atoms with Gasteiger partial charge in [-0.25, -0.2) is 19.2 Å². The number of nitrogens with one attached hydrogen (secondary N) is 3. The number of hydrogen-bond donors (Lipinski definition) is 8. The van der Waals surface area contributed by atoms with E-state index in [9.17, 15) is 71.0 Å². The van der Waals surface area contributed by atoms with Crippen LogP contribution in [0.1, 0.15) is 398 Å². The molecule has 0 spiro atoms. The number of esters is 4. The first-order valence-corrected chi connectivity index (χ1v) is 61.0. The summed E-state index contributed by atoms with van der Waals surface area (Å²) in [7, 11) is 12.4. The Balaban J connectivity index is 0.000000433. The molecule has 0 radical (unpaired) electrons. The van der Waals surface area contributed by atoms with E-state index in [1.54, 1.807) is 276 Å². The first-order chi connectivity index (χ1) is 65.5. The summed E-state index contributed by atoms with van der Waals surface area (Å²) in [5.74, 6) is -8.94. The number of alkyl carbamates (subject to hydrolysis) is 1. The Hall–Kier alpha value is -5.67. The molecule has 1 aromatic rings. The number of carboxylic acid groups (broad SMARTS) is 3. The number of alkyl halides is 4. The Kier molecular flexibility index (Phi) is 60.9.